The van der Waals surface area contributed by atoms with Crippen molar-refractivity contribution < 1.29 is 14.7 Å². The summed E-state index contributed by atoms with van der Waals surface area (Å²) < 4.78 is 1.14. The number of carboxylic acid groups (broad SMARTS) is 1. The van der Waals surface area contributed by atoms with E-state index in [1.165, 1.54) is 0 Å². The van der Waals surface area contributed by atoms with Gasteiger partial charge in [-0.25, -0.2) is 4.79 Å². The second-order valence-corrected chi connectivity index (χ2v) is 5.59. The van der Waals surface area contributed by atoms with Crippen LogP contribution in [0.15, 0.2) is 29.6 Å². The Morgan fingerprint density at radius 1 is 1.35 bits per heavy atom. The number of carbonyl (C=O) groups is 2. The molecule has 0 aliphatic heterocycles. The van der Waals surface area contributed by atoms with Gasteiger partial charge in [0.15, 0.2) is 0 Å². The molecule has 2 aromatic rings. The molecule has 0 spiro atoms. The van der Waals surface area contributed by atoms with Crippen LogP contribution in [-0.2, 0) is 16.0 Å². The van der Waals surface area contributed by atoms with Gasteiger partial charge in [-0.3, -0.25) is 4.79 Å². The molecule has 2 rings (SSSR count). The number of rotatable bonds is 6. The molecule has 5 heteroatoms. The van der Waals surface area contributed by atoms with E-state index in [0.29, 0.717) is 6.42 Å². The molecule has 0 saturated carbocycles. The average Bonchev–Trinajstić information content (AvgIpc) is 2.81. The smallest absolute Gasteiger partial charge is 0.326 e. The molecule has 1 aromatic heterocycles. The van der Waals surface area contributed by atoms with E-state index in [9.17, 15) is 9.59 Å². The predicted molar refractivity (Wildman–Crippen MR) is 80.0 cm³/mol. The fourth-order valence-corrected chi connectivity index (χ4v) is 3.10. The molecular formula is C15H17NO3S. The Bertz CT molecular complexity index is 620. The molecule has 0 saturated heterocycles. The number of hydrogen-bond donors (Lipinski definition) is 2. The van der Waals surface area contributed by atoms with Crippen molar-refractivity contribution in [2.75, 3.05) is 0 Å². The van der Waals surface area contributed by atoms with Crippen molar-refractivity contribution in [3.63, 3.8) is 0 Å². The Kier molecular flexibility index (Phi) is 4.74. The summed E-state index contributed by atoms with van der Waals surface area (Å²) in [6.07, 6.45) is 1.39. The number of hydrogen-bond acceptors (Lipinski definition) is 3. The van der Waals surface area contributed by atoms with Crippen LogP contribution in [0.2, 0.25) is 0 Å². The van der Waals surface area contributed by atoms with E-state index < -0.39 is 12.0 Å². The summed E-state index contributed by atoms with van der Waals surface area (Å²) in [4.78, 5) is 23.0. The molecule has 4 nitrogen and oxygen atoms in total. The third-order valence-corrected chi connectivity index (χ3v) is 4.14. The van der Waals surface area contributed by atoms with E-state index in [0.717, 1.165) is 22.1 Å². The number of carbonyl (C=O) groups excluding carboxylic acids is 1. The predicted octanol–water partition coefficient (Wildman–Crippen LogP) is 2.81. The highest BCUT2D eigenvalue weighted by molar-refractivity contribution is 7.17. The lowest BCUT2D eigenvalue weighted by Crippen LogP contribution is -2.41. The van der Waals surface area contributed by atoms with Crippen molar-refractivity contribution in [1.82, 2.24) is 5.32 Å². The zero-order chi connectivity index (χ0) is 14.5. The van der Waals surface area contributed by atoms with Crippen molar-refractivity contribution >= 4 is 33.3 Å². The van der Waals surface area contributed by atoms with Gasteiger partial charge in [0, 0.05) is 4.70 Å². The minimum atomic E-state index is -0.977. The molecule has 1 heterocycles. The molecule has 2 N–H and O–H groups in total. The van der Waals surface area contributed by atoms with E-state index >= 15 is 0 Å². The van der Waals surface area contributed by atoms with Gasteiger partial charge < -0.3 is 10.4 Å². The summed E-state index contributed by atoms with van der Waals surface area (Å²) in [5.74, 6) is -1.22. The summed E-state index contributed by atoms with van der Waals surface area (Å²) >= 11 is 1.60. The normalized spacial score (nSPS) is 12.2. The number of benzene rings is 1. The van der Waals surface area contributed by atoms with Crippen LogP contribution in [0.1, 0.15) is 25.3 Å². The summed E-state index contributed by atoms with van der Waals surface area (Å²) in [6, 6.07) is 7.10. The van der Waals surface area contributed by atoms with Gasteiger partial charge in [-0.05, 0) is 28.8 Å². The molecule has 0 bridgehead atoms. The average molecular weight is 291 g/mol. The highest BCUT2D eigenvalue weighted by Gasteiger charge is 2.19. The number of nitrogens with one attached hydrogen (secondary N) is 1. The Morgan fingerprint density at radius 2 is 2.10 bits per heavy atom. The van der Waals surface area contributed by atoms with Gasteiger partial charge in [-0.1, -0.05) is 31.5 Å². The van der Waals surface area contributed by atoms with Gasteiger partial charge in [-0.2, -0.15) is 0 Å². The van der Waals surface area contributed by atoms with Crippen molar-refractivity contribution in [1.29, 1.82) is 0 Å². The van der Waals surface area contributed by atoms with Gasteiger partial charge in [-0.15, -0.1) is 11.3 Å². The number of thiophene rings is 1. The summed E-state index contributed by atoms with van der Waals surface area (Å²) in [5, 5.41) is 14.6. The fraction of sp³-hybridized carbons (Fsp3) is 0.333. The van der Waals surface area contributed by atoms with Crippen LogP contribution in [0.3, 0.4) is 0 Å². The SMILES string of the molecule is CCCC(NC(=O)Cc1csc2ccccc12)C(=O)O. The topological polar surface area (TPSA) is 66.4 Å². The Morgan fingerprint density at radius 3 is 2.80 bits per heavy atom. The molecule has 106 valence electrons. The molecular weight excluding hydrogens is 274 g/mol. The first-order chi connectivity index (χ1) is 9.61. The Balaban J connectivity index is 2.06. The van der Waals surface area contributed by atoms with E-state index in [1.54, 1.807) is 11.3 Å². The number of carboxylic acids is 1. The van der Waals surface area contributed by atoms with Crippen LogP contribution in [0.5, 0.6) is 0 Å². The van der Waals surface area contributed by atoms with Gasteiger partial charge in [0.1, 0.15) is 6.04 Å². The molecule has 1 amide bonds. The first-order valence-electron chi connectivity index (χ1n) is 6.59. The second kappa shape index (κ2) is 6.52. The fourth-order valence-electron chi connectivity index (χ4n) is 2.13. The molecule has 0 aliphatic rings. The summed E-state index contributed by atoms with van der Waals surface area (Å²) in [5.41, 5.74) is 0.948. The first-order valence-corrected chi connectivity index (χ1v) is 7.47. The van der Waals surface area contributed by atoms with Gasteiger partial charge in [0.25, 0.3) is 0 Å². The molecule has 0 fully saturated rings. The van der Waals surface area contributed by atoms with Crippen molar-refractivity contribution in [3.05, 3.63) is 35.2 Å². The van der Waals surface area contributed by atoms with Crippen LogP contribution >= 0.6 is 11.3 Å². The molecule has 0 aliphatic carbocycles. The highest BCUT2D eigenvalue weighted by Crippen LogP contribution is 2.25. The van der Waals surface area contributed by atoms with Crippen molar-refractivity contribution in [2.24, 2.45) is 0 Å². The zero-order valence-electron chi connectivity index (χ0n) is 11.3. The lowest BCUT2D eigenvalue weighted by atomic mass is 10.1. The lowest BCUT2D eigenvalue weighted by molar-refractivity contribution is -0.141. The number of amides is 1. The van der Waals surface area contributed by atoms with Crippen molar-refractivity contribution in [2.45, 2.75) is 32.2 Å². The van der Waals surface area contributed by atoms with E-state index in [2.05, 4.69) is 5.32 Å². The van der Waals surface area contributed by atoms with Crippen LogP contribution < -0.4 is 5.32 Å². The van der Waals surface area contributed by atoms with Gasteiger partial charge in [0.05, 0.1) is 6.42 Å². The van der Waals surface area contributed by atoms with Crippen LogP contribution in [-0.4, -0.2) is 23.0 Å². The van der Waals surface area contributed by atoms with Crippen LogP contribution in [0, 0.1) is 0 Å². The van der Waals surface area contributed by atoms with Crippen molar-refractivity contribution in [3.8, 4) is 0 Å². The monoisotopic (exact) mass is 291 g/mol. The van der Waals surface area contributed by atoms with E-state index in [-0.39, 0.29) is 12.3 Å². The maximum atomic E-state index is 12.0. The Labute approximate surface area is 121 Å². The van der Waals surface area contributed by atoms with E-state index in [4.69, 9.17) is 5.11 Å². The zero-order valence-corrected chi connectivity index (χ0v) is 12.1. The quantitative estimate of drug-likeness (QED) is 0.860. The molecule has 1 atom stereocenters. The third-order valence-electron chi connectivity index (χ3n) is 3.12. The standard InChI is InChI=1S/C15H17NO3S/c1-2-5-12(15(18)19)16-14(17)8-10-9-20-13-7-4-3-6-11(10)13/h3-4,6-7,9,12H,2,5,8H2,1H3,(H,16,17)(H,18,19). The third kappa shape index (κ3) is 3.36. The minimum Gasteiger partial charge on any atom is -0.480 e. The maximum absolute atomic E-state index is 12.0. The molecule has 20 heavy (non-hydrogen) atoms. The van der Waals surface area contributed by atoms with Crippen LogP contribution in [0.25, 0.3) is 10.1 Å². The largest absolute Gasteiger partial charge is 0.480 e. The molecule has 1 unspecified atom stereocenters. The lowest BCUT2D eigenvalue weighted by Gasteiger charge is -2.13. The number of fused-ring (bicyclic) bond motifs is 1. The minimum absolute atomic E-state index is 0.220. The number of aliphatic carboxylic acids is 1. The molecule has 0 radical (unpaired) electrons. The van der Waals surface area contributed by atoms with E-state index in [1.807, 2.05) is 36.6 Å². The van der Waals surface area contributed by atoms with Gasteiger partial charge >= 0.3 is 5.97 Å². The van der Waals surface area contributed by atoms with Gasteiger partial charge in [0.2, 0.25) is 5.91 Å². The summed E-state index contributed by atoms with van der Waals surface area (Å²) in [6.45, 7) is 1.90. The second-order valence-electron chi connectivity index (χ2n) is 4.68. The first kappa shape index (κ1) is 14.5. The van der Waals surface area contributed by atoms with Crippen LogP contribution in [0.4, 0.5) is 0 Å². The maximum Gasteiger partial charge on any atom is 0.326 e. The highest BCUT2D eigenvalue weighted by atomic mass is 32.1. The molecule has 1 aromatic carbocycles. The Hall–Kier alpha value is -1.88. The summed E-state index contributed by atoms with van der Waals surface area (Å²) in [7, 11) is 0.